The molecule has 1 amide bonds. The van der Waals surface area contributed by atoms with Crippen LogP contribution in [0.25, 0.3) is 0 Å². The molecule has 19 heavy (non-hydrogen) atoms. The van der Waals surface area contributed by atoms with E-state index in [2.05, 4.69) is 43.5 Å². The molecule has 2 N–H and O–H groups in total. The van der Waals surface area contributed by atoms with Crippen molar-refractivity contribution in [3.05, 3.63) is 34.4 Å². The van der Waals surface area contributed by atoms with Crippen molar-refractivity contribution in [3.8, 4) is 0 Å². The molecule has 0 saturated carbocycles. The van der Waals surface area contributed by atoms with Crippen molar-refractivity contribution in [1.29, 1.82) is 0 Å². The summed E-state index contributed by atoms with van der Waals surface area (Å²) < 4.78 is 0. The molecule has 0 heterocycles. The van der Waals surface area contributed by atoms with Crippen LogP contribution in [0.15, 0.2) is 12.1 Å². The molecule has 0 aliphatic rings. The van der Waals surface area contributed by atoms with Gasteiger partial charge in [-0.2, -0.15) is 0 Å². The van der Waals surface area contributed by atoms with Crippen LogP contribution in [-0.4, -0.2) is 26.0 Å². The van der Waals surface area contributed by atoms with Gasteiger partial charge in [0.2, 0.25) is 5.91 Å². The second kappa shape index (κ2) is 8.94. The minimum Gasteiger partial charge on any atom is -0.356 e. The molecular weight excluding hydrogens is 260 g/mol. The zero-order chi connectivity index (χ0) is 13.5. The first-order valence-electron chi connectivity index (χ1n) is 6.52. The lowest BCUT2D eigenvalue weighted by atomic mass is 9.97. The summed E-state index contributed by atoms with van der Waals surface area (Å²) in [5.41, 5.74) is 5.29. The molecule has 1 aromatic carbocycles. The van der Waals surface area contributed by atoms with E-state index < -0.39 is 0 Å². The molecule has 0 spiro atoms. The lowest BCUT2D eigenvalue weighted by Crippen LogP contribution is -2.28. The van der Waals surface area contributed by atoms with Gasteiger partial charge >= 0.3 is 0 Å². The molecule has 3 nitrogen and oxygen atoms in total. The third-order valence-corrected chi connectivity index (χ3v) is 3.14. The van der Waals surface area contributed by atoms with Crippen molar-refractivity contribution in [2.45, 2.75) is 33.6 Å². The van der Waals surface area contributed by atoms with Gasteiger partial charge in [-0.25, -0.2) is 0 Å². The van der Waals surface area contributed by atoms with Gasteiger partial charge in [-0.15, -0.1) is 12.4 Å². The number of benzene rings is 1. The van der Waals surface area contributed by atoms with E-state index in [-0.39, 0.29) is 18.3 Å². The van der Waals surface area contributed by atoms with E-state index in [1.165, 1.54) is 22.3 Å². The SMILES string of the molecule is CNCCC(=O)NCCc1c(C)cc(C)cc1C.Cl. The topological polar surface area (TPSA) is 41.1 Å². The van der Waals surface area contributed by atoms with Crippen LogP contribution >= 0.6 is 12.4 Å². The third kappa shape index (κ3) is 6.08. The highest BCUT2D eigenvalue weighted by Crippen LogP contribution is 2.16. The third-order valence-electron chi connectivity index (χ3n) is 3.14. The fourth-order valence-electron chi connectivity index (χ4n) is 2.26. The Hall–Kier alpha value is -1.06. The Bertz CT molecular complexity index is 396. The summed E-state index contributed by atoms with van der Waals surface area (Å²) in [6.07, 6.45) is 1.45. The maximum atomic E-state index is 11.5. The minimum absolute atomic E-state index is 0. The van der Waals surface area contributed by atoms with Gasteiger partial charge in [0.05, 0.1) is 0 Å². The van der Waals surface area contributed by atoms with Crippen LogP contribution in [0.4, 0.5) is 0 Å². The predicted molar refractivity (Wildman–Crippen MR) is 83.2 cm³/mol. The van der Waals surface area contributed by atoms with E-state index >= 15 is 0 Å². The van der Waals surface area contributed by atoms with Crippen LogP contribution in [0.1, 0.15) is 28.7 Å². The first kappa shape index (κ1) is 17.9. The summed E-state index contributed by atoms with van der Waals surface area (Å²) >= 11 is 0. The quantitative estimate of drug-likeness (QED) is 0.842. The van der Waals surface area contributed by atoms with E-state index in [0.717, 1.165) is 13.0 Å². The second-order valence-electron chi connectivity index (χ2n) is 4.83. The highest BCUT2D eigenvalue weighted by atomic mass is 35.5. The first-order valence-corrected chi connectivity index (χ1v) is 6.52. The average molecular weight is 285 g/mol. The van der Waals surface area contributed by atoms with Gasteiger partial charge in [0.25, 0.3) is 0 Å². The van der Waals surface area contributed by atoms with E-state index in [0.29, 0.717) is 13.0 Å². The molecule has 4 heteroatoms. The van der Waals surface area contributed by atoms with Gasteiger partial charge in [0, 0.05) is 19.5 Å². The van der Waals surface area contributed by atoms with E-state index in [1.807, 2.05) is 7.05 Å². The molecule has 0 saturated heterocycles. The van der Waals surface area contributed by atoms with Gasteiger partial charge in [0.1, 0.15) is 0 Å². The fourth-order valence-corrected chi connectivity index (χ4v) is 2.26. The molecule has 0 bridgehead atoms. The van der Waals surface area contributed by atoms with Gasteiger partial charge in [-0.1, -0.05) is 17.7 Å². The van der Waals surface area contributed by atoms with Crippen LogP contribution in [0.2, 0.25) is 0 Å². The van der Waals surface area contributed by atoms with Crippen molar-refractivity contribution in [1.82, 2.24) is 10.6 Å². The maximum absolute atomic E-state index is 11.5. The van der Waals surface area contributed by atoms with Crippen molar-refractivity contribution < 1.29 is 4.79 Å². The molecule has 0 fully saturated rings. The Morgan fingerprint density at radius 2 is 1.68 bits per heavy atom. The van der Waals surface area contributed by atoms with Gasteiger partial charge in [-0.05, 0) is 50.9 Å². The lowest BCUT2D eigenvalue weighted by molar-refractivity contribution is -0.120. The standard InChI is InChI=1S/C15H24N2O.ClH/c1-11-9-12(2)14(13(3)10-11)5-8-17-15(18)6-7-16-4;/h9-10,16H,5-8H2,1-4H3,(H,17,18);1H. The highest BCUT2D eigenvalue weighted by Gasteiger charge is 2.05. The normalized spacial score (nSPS) is 9.89. The number of rotatable bonds is 6. The van der Waals surface area contributed by atoms with Gasteiger partial charge < -0.3 is 10.6 Å². The Morgan fingerprint density at radius 1 is 1.11 bits per heavy atom. The number of nitrogens with one attached hydrogen (secondary N) is 2. The highest BCUT2D eigenvalue weighted by molar-refractivity contribution is 5.85. The number of halogens is 1. The minimum atomic E-state index is 0. The fraction of sp³-hybridized carbons (Fsp3) is 0.533. The molecule has 108 valence electrons. The smallest absolute Gasteiger partial charge is 0.221 e. The summed E-state index contributed by atoms with van der Waals surface area (Å²) in [6, 6.07) is 4.40. The lowest BCUT2D eigenvalue weighted by Gasteiger charge is -2.12. The zero-order valence-corrected chi connectivity index (χ0v) is 13.1. The van der Waals surface area contributed by atoms with Crippen LogP contribution < -0.4 is 10.6 Å². The van der Waals surface area contributed by atoms with Crippen molar-refractivity contribution in [2.24, 2.45) is 0 Å². The van der Waals surface area contributed by atoms with Crippen LogP contribution in [0.5, 0.6) is 0 Å². The largest absolute Gasteiger partial charge is 0.356 e. The summed E-state index contributed by atoms with van der Waals surface area (Å²) in [5, 5.41) is 5.93. The van der Waals surface area contributed by atoms with Crippen LogP contribution in [0, 0.1) is 20.8 Å². The monoisotopic (exact) mass is 284 g/mol. The molecule has 0 aliphatic heterocycles. The van der Waals surface area contributed by atoms with Crippen molar-refractivity contribution in [2.75, 3.05) is 20.1 Å². The number of carbonyl (C=O) groups is 1. The molecule has 0 atom stereocenters. The molecule has 0 radical (unpaired) electrons. The van der Waals surface area contributed by atoms with E-state index in [1.54, 1.807) is 0 Å². The second-order valence-corrected chi connectivity index (χ2v) is 4.83. The first-order chi connectivity index (χ1) is 8.54. The molecular formula is C15H25ClN2O. The molecule has 0 aliphatic carbocycles. The number of hydrogen-bond donors (Lipinski definition) is 2. The summed E-state index contributed by atoms with van der Waals surface area (Å²) in [7, 11) is 1.85. The van der Waals surface area contributed by atoms with E-state index in [4.69, 9.17) is 0 Å². The average Bonchev–Trinajstić information content (AvgIpc) is 2.29. The predicted octanol–water partition coefficient (Wildman–Crippen LogP) is 2.30. The zero-order valence-electron chi connectivity index (χ0n) is 12.3. The summed E-state index contributed by atoms with van der Waals surface area (Å²) in [6.45, 7) is 7.83. The molecule has 0 aromatic heterocycles. The van der Waals surface area contributed by atoms with Crippen LogP contribution in [-0.2, 0) is 11.2 Å². The number of carbonyl (C=O) groups excluding carboxylic acids is 1. The van der Waals surface area contributed by atoms with Gasteiger partial charge in [-0.3, -0.25) is 4.79 Å². The summed E-state index contributed by atoms with van der Waals surface area (Å²) in [5.74, 6) is 0.117. The molecule has 1 aromatic rings. The Balaban J connectivity index is 0.00000324. The Labute approximate surface area is 122 Å². The van der Waals surface area contributed by atoms with Crippen molar-refractivity contribution in [3.63, 3.8) is 0 Å². The maximum Gasteiger partial charge on any atom is 0.221 e. The van der Waals surface area contributed by atoms with E-state index in [9.17, 15) is 4.79 Å². The van der Waals surface area contributed by atoms with Crippen molar-refractivity contribution >= 4 is 18.3 Å². The van der Waals surface area contributed by atoms with Crippen LogP contribution in [0.3, 0.4) is 0 Å². The van der Waals surface area contributed by atoms with Gasteiger partial charge in [0.15, 0.2) is 0 Å². The molecule has 1 rings (SSSR count). The Kier molecular flexibility index (Phi) is 8.44. The number of amides is 1. The summed E-state index contributed by atoms with van der Waals surface area (Å²) in [4.78, 5) is 11.5. The Morgan fingerprint density at radius 3 is 2.21 bits per heavy atom. The molecule has 0 unspecified atom stereocenters. The number of hydrogen-bond acceptors (Lipinski definition) is 2. The number of aryl methyl sites for hydroxylation is 3.